The first-order valence-electron chi connectivity index (χ1n) is 9.04. The van der Waals surface area contributed by atoms with Crippen LogP contribution in [0.2, 0.25) is 0 Å². The standard InChI is InChI=1S/C20H30N2/c1-19(2,20(3)9-6-10-22(20)4)17-13-21-18-12-15-8-5-7-14(15)11-16(17)18/h11-12,17,21H,5-10,13H2,1-4H3/t17?,20-/m1/s1. The van der Waals surface area contributed by atoms with Crippen LogP contribution in [0.15, 0.2) is 12.1 Å². The smallest absolute Gasteiger partial charge is 0.0379 e. The molecular formula is C20H30N2. The quantitative estimate of drug-likeness (QED) is 0.880. The summed E-state index contributed by atoms with van der Waals surface area (Å²) in [7, 11) is 2.32. The fourth-order valence-electron chi connectivity index (χ4n) is 5.34. The van der Waals surface area contributed by atoms with E-state index in [1.807, 2.05) is 0 Å². The van der Waals surface area contributed by atoms with E-state index in [0.29, 0.717) is 11.5 Å². The zero-order valence-corrected chi connectivity index (χ0v) is 14.6. The van der Waals surface area contributed by atoms with Crippen LogP contribution >= 0.6 is 0 Å². The van der Waals surface area contributed by atoms with Crippen LogP contribution in [0.25, 0.3) is 0 Å². The van der Waals surface area contributed by atoms with Gasteiger partial charge in [-0.2, -0.15) is 0 Å². The summed E-state index contributed by atoms with van der Waals surface area (Å²) in [5, 5.41) is 3.72. The van der Waals surface area contributed by atoms with Crippen molar-refractivity contribution in [3.05, 3.63) is 28.8 Å². The Labute approximate surface area is 135 Å². The van der Waals surface area contributed by atoms with E-state index in [1.54, 1.807) is 16.7 Å². The summed E-state index contributed by atoms with van der Waals surface area (Å²) in [6.45, 7) is 9.85. The molecule has 2 heterocycles. The largest absolute Gasteiger partial charge is 0.384 e. The third-order valence-electron chi connectivity index (χ3n) is 7.39. The van der Waals surface area contributed by atoms with E-state index in [4.69, 9.17) is 0 Å². The minimum absolute atomic E-state index is 0.281. The van der Waals surface area contributed by atoms with Crippen LogP contribution in [0.3, 0.4) is 0 Å². The maximum atomic E-state index is 3.72. The van der Waals surface area contributed by atoms with Gasteiger partial charge in [0.25, 0.3) is 0 Å². The molecule has 2 atom stereocenters. The molecule has 1 unspecified atom stereocenters. The van der Waals surface area contributed by atoms with E-state index >= 15 is 0 Å². The van der Waals surface area contributed by atoms with E-state index < -0.39 is 0 Å². The second-order valence-electron chi connectivity index (χ2n) is 8.52. The number of anilines is 1. The first-order valence-corrected chi connectivity index (χ1v) is 9.04. The van der Waals surface area contributed by atoms with Gasteiger partial charge in [-0.15, -0.1) is 0 Å². The Hall–Kier alpha value is -1.02. The average Bonchev–Trinajstić information content (AvgIpc) is 3.16. The van der Waals surface area contributed by atoms with Crippen LogP contribution in [0.4, 0.5) is 5.69 Å². The predicted molar refractivity (Wildman–Crippen MR) is 93.7 cm³/mol. The summed E-state index contributed by atoms with van der Waals surface area (Å²) in [5.74, 6) is 0.624. The lowest BCUT2D eigenvalue weighted by atomic mass is 9.62. The summed E-state index contributed by atoms with van der Waals surface area (Å²) in [4.78, 5) is 2.61. The van der Waals surface area contributed by atoms with Crippen molar-refractivity contribution in [1.29, 1.82) is 0 Å². The molecule has 1 aliphatic carbocycles. The highest BCUT2D eigenvalue weighted by Gasteiger charge is 2.52. The monoisotopic (exact) mass is 298 g/mol. The van der Waals surface area contributed by atoms with Gasteiger partial charge in [0, 0.05) is 23.7 Å². The van der Waals surface area contributed by atoms with Crippen molar-refractivity contribution in [3.63, 3.8) is 0 Å². The van der Waals surface area contributed by atoms with Crippen molar-refractivity contribution < 1.29 is 0 Å². The minimum Gasteiger partial charge on any atom is -0.384 e. The third kappa shape index (κ3) is 1.83. The minimum atomic E-state index is 0.281. The van der Waals surface area contributed by atoms with E-state index in [2.05, 4.69) is 50.2 Å². The molecule has 2 aliphatic heterocycles. The summed E-state index contributed by atoms with van der Waals surface area (Å²) < 4.78 is 0. The van der Waals surface area contributed by atoms with Crippen molar-refractivity contribution in [1.82, 2.24) is 4.90 Å². The van der Waals surface area contributed by atoms with Crippen LogP contribution in [0.5, 0.6) is 0 Å². The highest BCUT2D eigenvalue weighted by Crippen LogP contribution is 2.54. The van der Waals surface area contributed by atoms with Crippen LogP contribution in [0, 0.1) is 5.41 Å². The van der Waals surface area contributed by atoms with Crippen LogP contribution in [-0.2, 0) is 12.8 Å². The molecule has 22 heavy (non-hydrogen) atoms. The molecule has 1 aromatic rings. The lowest BCUT2D eigenvalue weighted by Gasteiger charge is -2.50. The van der Waals surface area contributed by atoms with Crippen LogP contribution in [0.1, 0.15) is 62.6 Å². The number of fused-ring (bicyclic) bond motifs is 2. The van der Waals surface area contributed by atoms with Gasteiger partial charge >= 0.3 is 0 Å². The Morgan fingerprint density at radius 1 is 1.18 bits per heavy atom. The second kappa shape index (κ2) is 4.74. The Morgan fingerprint density at radius 3 is 2.59 bits per heavy atom. The fourth-order valence-corrected chi connectivity index (χ4v) is 5.34. The van der Waals surface area contributed by atoms with E-state index in [1.165, 1.54) is 44.3 Å². The van der Waals surface area contributed by atoms with Gasteiger partial charge in [0.15, 0.2) is 0 Å². The van der Waals surface area contributed by atoms with Crippen LogP contribution < -0.4 is 5.32 Å². The Balaban J connectivity index is 1.74. The summed E-state index contributed by atoms with van der Waals surface area (Å²) in [5.41, 5.74) is 6.81. The Morgan fingerprint density at radius 2 is 1.91 bits per heavy atom. The molecule has 1 saturated heterocycles. The van der Waals surface area contributed by atoms with Gasteiger partial charge in [0.05, 0.1) is 0 Å². The molecule has 1 aromatic carbocycles. The molecule has 0 saturated carbocycles. The maximum Gasteiger partial charge on any atom is 0.0379 e. The zero-order chi connectivity index (χ0) is 15.5. The SMILES string of the molecule is CN1CCC[C@]1(C)C(C)(C)C1CNc2cc3c(cc21)CCC3. The summed E-state index contributed by atoms with van der Waals surface area (Å²) >= 11 is 0. The van der Waals surface area contributed by atoms with Gasteiger partial charge in [0.1, 0.15) is 0 Å². The molecule has 1 fully saturated rings. The molecule has 4 rings (SSSR count). The lowest BCUT2D eigenvalue weighted by Crippen LogP contribution is -2.53. The number of hydrogen-bond acceptors (Lipinski definition) is 2. The maximum absolute atomic E-state index is 3.72. The number of nitrogens with one attached hydrogen (secondary N) is 1. The molecule has 120 valence electrons. The first kappa shape index (κ1) is 14.6. The zero-order valence-electron chi connectivity index (χ0n) is 14.6. The van der Waals surface area contributed by atoms with E-state index in [0.717, 1.165) is 6.54 Å². The Bertz CT molecular complexity index is 604. The molecule has 1 N–H and O–H groups in total. The molecule has 2 heteroatoms. The topological polar surface area (TPSA) is 15.3 Å². The van der Waals surface area contributed by atoms with Crippen molar-refractivity contribution in [3.8, 4) is 0 Å². The summed E-state index contributed by atoms with van der Waals surface area (Å²) in [6, 6.07) is 5.00. The molecule has 0 radical (unpaired) electrons. The number of hydrogen-bond donors (Lipinski definition) is 1. The number of nitrogens with zero attached hydrogens (tertiary/aromatic N) is 1. The number of aryl methyl sites for hydroxylation is 2. The lowest BCUT2D eigenvalue weighted by molar-refractivity contribution is 0.0321. The summed E-state index contributed by atoms with van der Waals surface area (Å²) in [6.07, 6.45) is 6.57. The molecule has 0 bridgehead atoms. The van der Waals surface area contributed by atoms with Crippen molar-refractivity contribution >= 4 is 5.69 Å². The third-order valence-corrected chi connectivity index (χ3v) is 7.39. The fraction of sp³-hybridized carbons (Fsp3) is 0.700. The highest BCUT2D eigenvalue weighted by molar-refractivity contribution is 5.62. The van der Waals surface area contributed by atoms with Crippen molar-refractivity contribution in [2.75, 3.05) is 25.5 Å². The first-order chi connectivity index (χ1) is 10.4. The van der Waals surface area contributed by atoms with Gasteiger partial charge in [0.2, 0.25) is 0 Å². The molecule has 3 aliphatic rings. The normalized spacial score (nSPS) is 31.2. The van der Waals surface area contributed by atoms with Gasteiger partial charge < -0.3 is 10.2 Å². The number of likely N-dealkylation sites (tertiary alicyclic amines) is 1. The molecule has 2 nitrogen and oxygen atoms in total. The predicted octanol–water partition coefficient (Wildman–Crippen LogP) is 4.19. The van der Waals surface area contributed by atoms with E-state index in [-0.39, 0.29) is 5.41 Å². The Kier molecular flexibility index (Phi) is 3.14. The second-order valence-corrected chi connectivity index (χ2v) is 8.52. The van der Waals surface area contributed by atoms with Gasteiger partial charge in [-0.3, -0.25) is 0 Å². The van der Waals surface area contributed by atoms with Crippen molar-refractivity contribution in [2.24, 2.45) is 5.41 Å². The van der Waals surface area contributed by atoms with Gasteiger partial charge in [-0.1, -0.05) is 19.9 Å². The number of rotatable bonds is 2. The van der Waals surface area contributed by atoms with Crippen LogP contribution in [-0.4, -0.2) is 30.6 Å². The van der Waals surface area contributed by atoms with Gasteiger partial charge in [-0.05, 0) is 80.8 Å². The molecule has 0 aromatic heterocycles. The average molecular weight is 298 g/mol. The number of benzene rings is 1. The molecule has 0 amide bonds. The molecule has 0 spiro atoms. The van der Waals surface area contributed by atoms with Crippen molar-refractivity contribution in [2.45, 2.75) is 64.3 Å². The highest BCUT2D eigenvalue weighted by atomic mass is 15.2. The van der Waals surface area contributed by atoms with Gasteiger partial charge in [-0.25, -0.2) is 0 Å². The molecular weight excluding hydrogens is 268 g/mol. The van der Waals surface area contributed by atoms with E-state index in [9.17, 15) is 0 Å².